The summed E-state index contributed by atoms with van der Waals surface area (Å²) >= 11 is 0. The lowest BCUT2D eigenvalue weighted by Gasteiger charge is -2.40. The Morgan fingerprint density at radius 3 is 2.24 bits per heavy atom. The lowest BCUT2D eigenvalue weighted by atomic mass is 9.94. The molecule has 2 aromatic carbocycles. The van der Waals surface area contributed by atoms with Gasteiger partial charge in [-0.25, -0.2) is 4.79 Å². The van der Waals surface area contributed by atoms with E-state index in [0.717, 1.165) is 49.5 Å². The van der Waals surface area contributed by atoms with Crippen LogP contribution in [0.25, 0.3) is 0 Å². The molecular formula is C30H37N5O3. The predicted molar refractivity (Wildman–Crippen MR) is 149 cm³/mol. The molecule has 1 aliphatic heterocycles. The minimum absolute atomic E-state index is 0.0336. The highest BCUT2D eigenvalue weighted by Gasteiger charge is 2.27. The number of carboxylic acid groups (broad SMARTS) is 1. The molecule has 0 radical (unpaired) electrons. The van der Waals surface area contributed by atoms with Crippen molar-refractivity contribution in [2.75, 3.05) is 51.2 Å². The summed E-state index contributed by atoms with van der Waals surface area (Å²) < 4.78 is 0. The number of amides is 2. The standard InChI is InChI=1S/C30H37N5O3/c1-4-34(5-2)29(36)24-14-12-23(13-15-24)28(25-9-8-11-27(21-25)32(3)30(37)38)35-19-17-33(18-20-35)22-26-10-6-7-16-31-26/h6-16,21,28H,4-5,17-20,22H2,1-3H3,(H,37,38)/t28-/m0/s1. The van der Waals surface area contributed by atoms with Gasteiger partial charge in [0.05, 0.1) is 11.7 Å². The molecule has 0 spiro atoms. The SMILES string of the molecule is CCN(CC)C(=O)c1ccc([C@@H](c2cccc(N(C)C(=O)O)c2)N2CCN(Cc3ccccn3)CC2)cc1. The molecule has 0 aliphatic carbocycles. The van der Waals surface area contributed by atoms with E-state index in [4.69, 9.17) is 0 Å². The molecule has 1 aliphatic rings. The van der Waals surface area contributed by atoms with Crippen molar-refractivity contribution in [2.24, 2.45) is 0 Å². The number of hydrogen-bond acceptors (Lipinski definition) is 5. The average molecular weight is 516 g/mol. The Kier molecular flexibility index (Phi) is 9.10. The summed E-state index contributed by atoms with van der Waals surface area (Å²) in [6.45, 7) is 9.66. The van der Waals surface area contributed by atoms with Crippen molar-refractivity contribution in [3.05, 3.63) is 95.3 Å². The van der Waals surface area contributed by atoms with Gasteiger partial charge < -0.3 is 10.0 Å². The Balaban J connectivity index is 1.60. The fraction of sp³-hybridized carbons (Fsp3) is 0.367. The molecule has 0 bridgehead atoms. The second-order valence-corrected chi connectivity index (χ2v) is 9.57. The lowest BCUT2D eigenvalue weighted by Crippen LogP contribution is -2.47. The van der Waals surface area contributed by atoms with Crippen molar-refractivity contribution in [1.82, 2.24) is 19.7 Å². The maximum Gasteiger partial charge on any atom is 0.411 e. The monoisotopic (exact) mass is 515 g/mol. The number of anilines is 1. The molecule has 2 amide bonds. The second-order valence-electron chi connectivity index (χ2n) is 9.57. The highest BCUT2D eigenvalue weighted by atomic mass is 16.4. The number of benzene rings is 2. The third-order valence-electron chi connectivity index (χ3n) is 7.27. The molecule has 1 aromatic heterocycles. The van der Waals surface area contributed by atoms with Gasteiger partial charge in [0, 0.05) is 70.3 Å². The first-order valence-corrected chi connectivity index (χ1v) is 13.2. The molecular weight excluding hydrogens is 478 g/mol. The average Bonchev–Trinajstić information content (AvgIpc) is 2.95. The molecule has 3 aromatic rings. The van der Waals surface area contributed by atoms with Gasteiger partial charge in [-0.1, -0.05) is 30.3 Å². The summed E-state index contributed by atoms with van der Waals surface area (Å²) in [5.41, 5.74) is 4.47. The van der Waals surface area contributed by atoms with Crippen molar-refractivity contribution in [3.8, 4) is 0 Å². The van der Waals surface area contributed by atoms with Gasteiger partial charge in [0.15, 0.2) is 0 Å². The maximum atomic E-state index is 12.9. The van der Waals surface area contributed by atoms with Crippen LogP contribution in [-0.2, 0) is 6.54 Å². The van der Waals surface area contributed by atoms with Crippen LogP contribution in [0.2, 0.25) is 0 Å². The molecule has 2 heterocycles. The Hall–Kier alpha value is -3.75. The summed E-state index contributed by atoms with van der Waals surface area (Å²) in [5.74, 6) is 0.0336. The summed E-state index contributed by atoms with van der Waals surface area (Å²) in [7, 11) is 1.56. The van der Waals surface area contributed by atoms with Gasteiger partial charge in [0.25, 0.3) is 5.91 Å². The molecule has 8 nitrogen and oxygen atoms in total. The number of piperazine rings is 1. The van der Waals surface area contributed by atoms with Gasteiger partial charge in [0.1, 0.15) is 0 Å². The summed E-state index contributed by atoms with van der Waals surface area (Å²) in [6, 6.07) is 21.6. The lowest BCUT2D eigenvalue weighted by molar-refractivity contribution is 0.0772. The fourth-order valence-electron chi connectivity index (χ4n) is 5.03. The van der Waals surface area contributed by atoms with E-state index in [1.165, 1.54) is 4.90 Å². The Labute approximate surface area is 225 Å². The van der Waals surface area contributed by atoms with E-state index in [2.05, 4.69) is 26.9 Å². The number of carbonyl (C=O) groups is 2. The topological polar surface area (TPSA) is 80.2 Å². The third-order valence-corrected chi connectivity index (χ3v) is 7.27. The highest BCUT2D eigenvalue weighted by Crippen LogP contribution is 2.32. The van der Waals surface area contributed by atoms with Crippen LogP contribution in [-0.4, -0.2) is 83.1 Å². The molecule has 38 heavy (non-hydrogen) atoms. The van der Waals surface area contributed by atoms with Crippen LogP contribution in [0.5, 0.6) is 0 Å². The molecule has 0 unspecified atom stereocenters. The van der Waals surface area contributed by atoms with Crippen LogP contribution >= 0.6 is 0 Å². The zero-order valence-corrected chi connectivity index (χ0v) is 22.5. The van der Waals surface area contributed by atoms with Crippen LogP contribution < -0.4 is 4.90 Å². The molecule has 1 N–H and O–H groups in total. The van der Waals surface area contributed by atoms with Gasteiger partial charge in [-0.3, -0.25) is 24.5 Å². The van der Waals surface area contributed by atoms with Crippen LogP contribution in [0, 0.1) is 0 Å². The summed E-state index contributed by atoms with van der Waals surface area (Å²) in [6.07, 6.45) is 0.832. The minimum atomic E-state index is -0.999. The maximum absolute atomic E-state index is 12.9. The molecule has 1 saturated heterocycles. The minimum Gasteiger partial charge on any atom is -0.465 e. The zero-order valence-electron chi connectivity index (χ0n) is 22.5. The quantitative estimate of drug-likeness (QED) is 0.449. The van der Waals surface area contributed by atoms with Gasteiger partial charge in [0.2, 0.25) is 0 Å². The van der Waals surface area contributed by atoms with Gasteiger partial charge in [-0.15, -0.1) is 0 Å². The van der Waals surface area contributed by atoms with E-state index in [0.29, 0.717) is 24.3 Å². The number of rotatable bonds is 9. The van der Waals surface area contributed by atoms with Crippen LogP contribution in [0.3, 0.4) is 0 Å². The highest BCUT2D eigenvalue weighted by molar-refractivity contribution is 5.94. The molecule has 1 atom stereocenters. The molecule has 8 heteroatoms. The Morgan fingerprint density at radius 1 is 0.921 bits per heavy atom. The first kappa shape index (κ1) is 27.3. The molecule has 4 rings (SSSR count). The summed E-state index contributed by atoms with van der Waals surface area (Å²) in [4.78, 5) is 36.9. The van der Waals surface area contributed by atoms with Crippen molar-refractivity contribution < 1.29 is 14.7 Å². The summed E-state index contributed by atoms with van der Waals surface area (Å²) in [5, 5.41) is 9.52. The van der Waals surface area contributed by atoms with E-state index in [1.54, 1.807) is 7.05 Å². The van der Waals surface area contributed by atoms with E-state index in [9.17, 15) is 14.7 Å². The van der Waals surface area contributed by atoms with Gasteiger partial charge in [-0.2, -0.15) is 0 Å². The number of hydrogen-bond donors (Lipinski definition) is 1. The first-order chi connectivity index (χ1) is 18.4. The smallest absolute Gasteiger partial charge is 0.411 e. The second kappa shape index (κ2) is 12.7. The van der Waals surface area contributed by atoms with Crippen LogP contribution in [0.15, 0.2) is 72.9 Å². The largest absolute Gasteiger partial charge is 0.465 e. The number of carbonyl (C=O) groups excluding carboxylic acids is 1. The number of aromatic nitrogens is 1. The first-order valence-electron chi connectivity index (χ1n) is 13.2. The van der Waals surface area contributed by atoms with Gasteiger partial charge >= 0.3 is 6.09 Å². The van der Waals surface area contributed by atoms with Crippen LogP contribution in [0.1, 0.15) is 47.1 Å². The van der Waals surface area contributed by atoms with Crippen molar-refractivity contribution in [3.63, 3.8) is 0 Å². The van der Waals surface area contributed by atoms with Crippen molar-refractivity contribution >= 4 is 17.7 Å². The molecule has 0 saturated carbocycles. The van der Waals surface area contributed by atoms with Crippen LogP contribution in [0.4, 0.5) is 10.5 Å². The third kappa shape index (κ3) is 6.38. The molecule has 200 valence electrons. The van der Waals surface area contributed by atoms with Crippen molar-refractivity contribution in [1.29, 1.82) is 0 Å². The molecule has 1 fully saturated rings. The van der Waals surface area contributed by atoms with Gasteiger partial charge in [-0.05, 0) is 61.4 Å². The van der Waals surface area contributed by atoms with E-state index < -0.39 is 6.09 Å². The Morgan fingerprint density at radius 2 is 1.63 bits per heavy atom. The van der Waals surface area contributed by atoms with E-state index in [1.807, 2.05) is 79.5 Å². The normalized spacial score (nSPS) is 15.1. The number of nitrogens with zero attached hydrogens (tertiary/aromatic N) is 5. The zero-order chi connectivity index (χ0) is 27.1. The Bertz CT molecular complexity index is 1210. The van der Waals surface area contributed by atoms with E-state index in [-0.39, 0.29) is 11.9 Å². The number of pyridine rings is 1. The van der Waals surface area contributed by atoms with Crippen molar-refractivity contribution in [2.45, 2.75) is 26.4 Å². The van der Waals surface area contributed by atoms with E-state index >= 15 is 0 Å². The fourth-order valence-corrected chi connectivity index (χ4v) is 5.03. The predicted octanol–water partition coefficient (Wildman–Crippen LogP) is 4.59.